The average Bonchev–Trinajstić information content (AvgIpc) is 1.99. The predicted molar refractivity (Wildman–Crippen MR) is 46.5 cm³/mol. The van der Waals surface area contributed by atoms with Crippen molar-refractivity contribution in [2.75, 3.05) is 0 Å². The van der Waals surface area contributed by atoms with E-state index in [-0.39, 0.29) is 0 Å². The zero-order valence-electron chi connectivity index (χ0n) is 7.09. The summed E-state index contributed by atoms with van der Waals surface area (Å²) in [5, 5.41) is 0. The van der Waals surface area contributed by atoms with Gasteiger partial charge < -0.3 is 5.73 Å². The smallest absolute Gasteiger partial charge is 0.0267 e. The summed E-state index contributed by atoms with van der Waals surface area (Å²) in [5.41, 5.74) is 6.40. The molecule has 10 heavy (non-hydrogen) atoms. The van der Waals surface area contributed by atoms with E-state index in [1.807, 2.05) is 19.1 Å². The van der Waals surface area contributed by atoms with E-state index in [1.165, 1.54) is 6.42 Å². The van der Waals surface area contributed by atoms with Gasteiger partial charge in [-0.15, -0.1) is 0 Å². The molecule has 1 nitrogen and oxygen atoms in total. The van der Waals surface area contributed by atoms with Crippen LogP contribution in [0.3, 0.4) is 0 Å². The Morgan fingerprint density at radius 2 is 2.20 bits per heavy atom. The summed E-state index contributed by atoms with van der Waals surface area (Å²) < 4.78 is 0. The second-order valence-electron chi connectivity index (χ2n) is 2.53. The van der Waals surface area contributed by atoms with Crippen LogP contribution in [0.15, 0.2) is 23.9 Å². The van der Waals surface area contributed by atoms with Gasteiger partial charge in [-0.3, -0.25) is 0 Å². The molecule has 0 rings (SSSR count). The van der Waals surface area contributed by atoms with Crippen molar-refractivity contribution in [3.05, 3.63) is 23.9 Å². The van der Waals surface area contributed by atoms with E-state index in [4.69, 9.17) is 5.73 Å². The Labute approximate surface area is 63.6 Å². The number of nitrogens with two attached hydrogens (primary N) is 1. The van der Waals surface area contributed by atoms with Gasteiger partial charge in [0.2, 0.25) is 0 Å². The van der Waals surface area contributed by atoms with Gasteiger partial charge in [0.25, 0.3) is 0 Å². The first-order valence-corrected chi connectivity index (χ1v) is 3.80. The van der Waals surface area contributed by atoms with Crippen molar-refractivity contribution in [1.82, 2.24) is 0 Å². The van der Waals surface area contributed by atoms with E-state index >= 15 is 0 Å². The maximum absolute atomic E-state index is 5.55. The van der Waals surface area contributed by atoms with E-state index in [2.05, 4.69) is 19.9 Å². The fraction of sp³-hybridized carbons (Fsp3) is 0.556. The molecule has 1 atom stereocenters. The van der Waals surface area contributed by atoms with Crippen LogP contribution in [0.4, 0.5) is 0 Å². The van der Waals surface area contributed by atoms with E-state index in [0.717, 1.165) is 5.70 Å². The quantitative estimate of drug-likeness (QED) is 0.597. The molecule has 0 heterocycles. The van der Waals surface area contributed by atoms with Gasteiger partial charge in [0.1, 0.15) is 0 Å². The molecule has 0 bridgehead atoms. The summed E-state index contributed by atoms with van der Waals surface area (Å²) in [5.74, 6) is 0.637. The predicted octanol–water partition coefficient (Wildman–Crippen LogP) is 2.45. The Bertz CT molecular complexity index is 134. The maximum Gasteiger partial charge on any atom is 0.0267 e. The van der Waals surface area contributed by atoms with Crippen molar-refractivity contribution in [2.45, 2.75) is 27.2 Å². The van der Waals surface area contributed by atoms with Gasteiger partial charge in [-0.1, -0.05) is 32.4 Å². The fourth-order valence-corrected chi connectivity index (χ4v) is 0.508. The molecule has 0 saturated carbocycles. The molecule has 0 fully saturated rings. The molecule has 0 spiro atoms. The van der Waals surface area contributed by atoms with Crippen LogP contribution in [0.25, 0.3) is 0 Å². The Kier molecular flexibility index (Phi) is 4.73. The van der Waals surface area contributed by atoms with Gasteiger partial charge in [-0.2, -0.15) is 0 Å². The molecule has 0 radical (unpaired) electrons. The van der Waals surface area contributed by atoms with Crippen LogP contribution < -0.4 is 5.73 Å². The van der Waals surface area contributed by atoms with E-state index in [1.54, 1.807) is 0 Å². The summed E-state index contributed by atoms with van der Waals surface area (Å²) in [6, 6.07) is 0. The van der Waals surface area contributed by atoms with Gasteiger partial charge in [0.05, 0.1) is 0 Å². The van der Waals surface area contributed by atoms with Crippen LogP contribution in [0.5, 0.6) is 0 Å². The third-order valence-corrected chi connectivity index (χ3v) is 1.59. The first-order chi connectivity index (χ1) is 4.70. The summed E-state index contributed by atoms with van der Waals surface area (Å²) in [6.07, 6.45) is 7.18. The molecule has 0 aliphatic carbocycles. The lowest BCUT2D eigenvalue weighted by Gasteiger charge is -1.98. The molecule has 1 heteroatoms. The molecule has 0 amide bonds. The molecule has 1 unspecified atom stereocenters. The minimum absolute atomic E-state index is 0.637. The highest BCUT2D eigenvalue weighted by Gasteiger charge is 1.89. The standard InChI is InChI=1S/C9H17N/c1-4-8(3)6-7-9(10)5-2/h5-8H,4,10H2,1-3H3/b7-6-,9-5+. The molecule has 0 aromatic rings. The molecule has 58 valence electrons. The molecule has 0 aliphatic heterocycles. The van der Waals surface area contributed by atoms with Crippen molar-refractivity contribution >= 4 is 0 Å². The minimum Gasteiger partial charge on any atom is -0.399 e. The third-order valence-electron chi connectivity index (χ3n) is 1.59. The van der Waals surface area contributed by atoms with Crippen molar-refractivity contribution in [1.29, 1.82) is 0 Å². The second kappa shape index (κ2) is 5.10. The van der Waals surface area contributed by atoms with Crippen molar-refractivity contribution in [2.24, 2.45) is 11.7 Å². The average molecular weight is 139 g/mol. The van der Waals surface area contributed by atoms with E-state index in [9.17, 15) is 0 Å². The Hall–Kier alpha value is -0.720. The third kappa shape index (κ3) is 4.19. The van der Waals surface area contributed by atoms with Gasteiger partial charge in [-0.05, 0) is 18.9 Å². The molecular weight excluding hydrogens is 122 g/mol. The molecule has 0 aromatic carbocycles. The number of rotatable bonds is 3. The lowest BCUT2D eigenvalue weighted by Crippen LogP contribution is -1.93. The largest absolute Gasteiger partial charge is 0.399 e. The van der Waals surface area contributed by atoms with Crippen molar-refractivity contribution in [3.63, 3.8) is 0 Å². The Morgan fingerprint density at radius 3 is 2.60 bits per heavy atom. The lowest BCUT2D eigenvalue weighted by molar-refractivity contribution is 0.697. The van der Waals surface area contributed by atoms with Gasteiger partial charge in [-0.25, -0.2) is 0 Å². The number of hydrogen-bond acceptors (Lipinski definition) is 1. The number of allylic oxidation sites excluding steroid dienone is 3. The van der Waals surface area contributed by atoms with E-state index < -0.39 is 0 Å². The zero-order chi connectivity index (χ0) is 7.98. The first kappa shape index (κ1) is 9.28. The SMILES string of the molecule is C/C=C(N)\C=C/C(C)CC. The summed E-state index contributed by atoms with van der Waals surface area (Å²) in [6.45, 7) is 6.29. The van der Waals surface area contributed by atoms with Gasteiger partial charge >= 0.3 is 0 Å². The van der Waals surface area contributed by atoms with Crippen LogP contribution in [-0.4, -0.2) is 0 Å². The van der Waals surface area contributed by atoms with Crippen LogP contribution >= 0.6 is 0 Å². The van der Waals surface area contributed by atoms with Crippen molar-refractivity contribution in [3.8, 4) is 0 Å². The molecule has 0 aliphatic rings. The topological polar surface area (TPSA) is 26.0 Å². The molecular formula is C9H17N. The summed E-state index contributed by atoms with van der Waals surface area (Å²) >= 11 is 0. The van der Waals surface area contributed by atoms with Crippen LogP contribution in [-0.2, 0) is 0 Å². The lowest BCUT2D eigenvalue weighted by atomic mass is 10.1. The molecule has 0 saturated heterocycles. The van der Waals surface area contributed by atoms with Crippen LogP contribution in [0.1, 0.15) is 27.2 Å². The Balaban J connectivity index is 3.75. The summed E-state index contributed by atoms with van der Waals surface area (Å²) in [7, 11) is 0. The fourth-order valence-electron chi connectivity index (χ4n) is 0.508. The summed E-state index contributed by atoms with van der Waals surface area (Å²) in [4.78, 5) is 0. The van der Waals surface area contributed by atoms with Crippen molar-refractivity contribution < 1.29 is 0 Å². The van der Waals surface area contributed by atoms with Crippen LogP contribution in [0.2, 0.25) is 0 Å². The normalized spacial score (nSPS) is 16.1. The maximum atomic E-state index is 5.55. The van der Waals surface area contributed by atoms with E-state index in [0.29, 0.717) is 5.92 Å². The van der Waals surface area contributed by atoms with Gasteiger partial charge in [0.15, 0.2) is 0 Å². The highest BCUT2D eigenvalue weighted by Crippen LogP contribution is 2.02. The second-order valence-corrected chi connectivity index (χ2v) is 2.53. The highest BCUT2D eigenvalue weighted by molar-refractivity contribution is 5.13. The first-order valence-electron chi connectivity index (χ1n) is 3.80. The monoisotopic (exact) mass is 139 g/mol. The van der Waals surface area contributed by atoms with Crippen LogP contribution in [0, 0.1) is 5.92 Å². The van der Waals surface area contributed by atoms with Gasteiger partial charge in [0, 0.05) is 5.70 Å². The minimum atomic E-state index is 0.637. The molecule has 0 aromatic heterocycles. The molecule has 2 N–H and O–H groups in total. The highest BCUT2D eigenvalue weighted by atomic mass is 14.5. The Morgan fingerprint density at radius 1 is 1.60 bits per heavy atom. The number of hydrogen-bond donors (Lipinski definition) is 1. The zero-order valence-corrected chi connectivity index (χ0v) is 7.09.